The summed E-state index contributed by atoms with van der Waals surface area (Å²) < 4.78 is 10.4. The molecule has 18 heavy (non-hydrogen) atoms. The Morgan fingerprint density at radius 1 is 1.39 bits per heavy atom. The van der Waals surface area contributed by atoms with Gasteiger partial charge in [-0.15, -0.1) is 0 Å². The summed E-state index contributed by atoms with van der Waals surface area (Å²) in [4.78, 5) is 13.3. The number of hydrogen-bond acceptors (Lipinski definition) is 4. The van der Waals surface area contributed by atoms with Gasteiger partial charge >= 0.3 is 0 Å². The molecule has 1 unspecified atom stereocenters. The van der Waals surface area contributed by atoms with Crippen LogP contribution in [0.1, 0.15) is 12.5 Å². The number of benzene rings is 1. The van der Waals surface area contributed by atoms with Crippen molar-refractivity contribution >= 4 is 5.91 Å². The molecule has 1 atom stereocenters. The van der Waals surface area contributed by atoms with Gasteiger partial charge < -0.3 is 20.1 Å². The van der Waals surface area contributed by atoms with Crippen molar-refractivity contribution in [2.45, 2.75) is 19.5 Å². The Hall–Kier alpha value is -1.75. The lowest BCUT2D eigenvalue weighted by molar-refractivity contribution is -0.131. The van der Waals surface area contributed by atoms with Gasteiger partial charge in [0.25, 0.3) is 0 Å². The van der Waals surface area contributed by atoms with E-state index in [1.54, 1.807) is 33.1 Å². The van der Waals surface area contributed by atoms with Crippen LogP contribution in [0.4, 0.5) is 0 Å². The minimum atomic E-state index is -0.508. The molecule has 2 N–H and O–H groups in total. The molecule has 0 radical (unpaired) electrons. The van der Waals surface area contributed by atoms with Crippen molar-refractivity contribution in [2.75, 3.05) is 21.3 Å². The maximum Gasteiger partial charge on any atom is 0.239 e. The highest BCUT2D eigenvalue weighted by Crippen LogP contribution is 2.25. The lowest BCUT2D eigenvalue weighted by Gasteiger charge is -2.21. The first-order chi connectivity index (χ1) is 8.49. The molecule has 0 aliphatic rings. The van der Waals surface area contributed by atoms with Crippen molar-refractivity contribution in [3.63, 3.8) is 0 Å². The van der Waals surface area contributed by atoms with Gasteiger partial charge in [-0.25, -0.2) is 0 Å². The van der Waals surface area contributed by atoms with Crippen molar-refractivity contribution in [2.24, 2.45) is 5.73 Å². The number of hydrogen-bond donors (Lipinski definition) is 1. The molecule has 1 aromatic rings. The number of rotatable bonds is 5. The first kappa shape index (κ1) is 14.3. The van der Waals surface area contributed by atoms with E-state index >= 15 is 0 Å². The average molecular weight is 252 g/mol. The fourth-order valence-corrected chi connectivity index (χ4v) is 1.69. The zero-order valence-electron chi connectivity index (χ0n) is 11.3. The summed E-state index contributed by atoms with van der Waals surface area (Å²) >= 11 is 0. The van der Waals surface area contributed by atoms with Crippen LogP contribution in [-0.2, 0) is 11.3 Å². The zero-order valence-corrected chi connectivity index (χ0v) is 11.3. The molecule has 0 heterocycles. The van der Waals surface area contributed by atoms with Crippen LogP contribution in [0, 0.1) is 0 Å². The molecule has 100 valence electrons. The number of amides is 1. The van der Waals surface area contributed by atoms with Gasteiger partial charge in [0, 0.05) is 19.2 Å². The molecule has 0 bridgehead atoms. The van der Waals surface area contributed by atoms with Gasteiger partial charge in [0.15, 0.2) is 0 Å². The monoisotopic (exact) mass is 252 g/mol. The highest BCUT2D eigenvalue weighted by Gasteiger charge is 2.15. The second-order valence-corrected chi connectivity index (χ2v) is 4.16. The van der Waals surface area contributed by atoms with Gasteiger partial charge in [0.1, 0.15) is 11.5 Å². The number of nitrogens with zero attached hydrogens (tertiary/aromatic N) is 1. The standard InChI is InChI=1S/C13H20N2O3/c1-9(14)13(16)15(2)8-10-7-11(17-3)5-6-12(10)18-4/h5-7,9H,8,14H2,1-4H3. The number of carbonyl (C=O) groups is 1. The van der Waals surface area contributed by atoms with E-state index in [-0.39, 0.29) is 5.91 Å². The van der Waals surface area contributed by atoms with Gasteiger partial charge in [-0.2, -0.15) is 0 Å². The first-order valence-corrected chi connectivity index (χ1v) is 5.71. The van der Waals surface area contributed by atoms with Crippen molar-refractivity contribution in [1.29, 1.82) is 0 Å². The zero-order chi connectivity index (χ0) is 13.7. The summed E-state index contributed by atoms with van der Waals surface area (Å²) in [6, 6.07) is 4.98. The van der Waals surface area contributed by atoms with Crippen molar-refractivity contribution in [3.05, 3.63) is 23.8 Å². The van der Waals surface area contributed by atoms with Gasteiger partial charge in [-0.05, 0) is 25.1 Å². The van der Waals surface area contributed by atoms with Crippen molar-refractivity contribution in [1.82, 2.24) is 4.90 Å². The summed E-state index contributed by atoms with van der Waals surface area (Å²) in [7, 11) is 4.91. The minimum absolute atomic E-state index is 0.111. The van der Waals surface area contributed by atoms with Crippen LogP contribution >= 0.6 is 0 Å². The van der Waals surface area contributed by atoms with E-state index in [1.165, 1.54) is 0 Å². The third-order valence-corrected chi connectivity index (χ3v) is 2.66. The van der Waals surface area contributed by atoms with Crippen LogP contribution in [0.2, 0.25) is 0 Å². The summed E-state index contributed by atoms with van der Waals surface area (Å²) in [6.07, 6.45) is 0. The molecular weight excluding hydrogens is 232 g/mol. The Labute approximate surface area is 107 Å². The van der Waals surface area contributed by atoms with Crippen LogP contribution in [0.3, 0.4) is 0 Å². The third kappa shape index (κ3) is 3.37. The largest absolute Gasteiger partial charge is 0.497 e. The SMILES string of the molecule is COc1ccc(OC)c(CN(C)C(=O)C(C)N)c1. The molecule has 0 aliphatic heterocycles. The molecule has 1 aromatic carbocycles. The maximum absolute atomic E-state index is 11.7. The Balaban J connectivity index is 2.91. The number of likely N-dealkylation sites (N-methyl/N-ethyl adjacent to an activating group) is 1. The van der Waals surface area contributed by atoms with Gasteiger partial charge in [-0.3, -0.25) is 4.79 Å². The Kier molecular flexibility index (Phi) is 4.97. The van der Waals surface area contributed by atoms with E-state index in [1.807, 2.05) is 18.2 Å². The lowest BCUT2D eigenvalue weighted by Crippen LogP contribution is -2.39. The Morgan fingerprint density at radius 3 is 2.56 bits per heavy atom. The predicted molar refractivity (Wildman–Crippen MR) is 69.7 cm³/mol. The molecule has 0 aliphatic carbocycles. The number of nitrogens with two attached hydrogens (primary N) is 1. The second kappa shape index (κ2) is 6.26. The molecule has 0 aromatic heterocycles. The summed E-state index contributed by atoms with van der Waals surface area (Å²) in [5.74, 6) is 1.34. The fourth-order valence-electron chi connectivity index (χ4n) is 1.69. The number of methoxy groups -OCH3 is 2. The molecular formula is C13H20N2O3. The van der Waals surface area contributed by atoms with Crippen LogP contribution < -0.4 is 15.2 Å². The normalized spacial score (nSPS) is 11.8. The highest BCUT2D eigenvalue weighted by molar-refractivity contribution is 5.80. The quantitative estimate of drug-likeness (QED) is 0.849. The van der Waals surface area contributed by atoms with Gasteiger partial charge in [0.2, 0.25) is 5.91 Å². The maximum atomic E-state index is 11.7. The van der Waals surface area contributed by atoms with Crippen LogP contribution in [-0.4, -0.2) is 38.1 Å². The Bertz CT molecular complexity index is 419. The van der Waals surface area contributed by atoms with Gasteiger partial charge in [-0.1, -0.05) is 0 Å². The molecule has 5 nitrogen and oxygen atoms in total. The van der Waals surface area contributed by atoms with Gasteiger partial charge in [0.05, 0.1) is 20.3 Å². The third-order valence-electron chi connectivity index (χ3n) is 2.66. The Morgan fingerprint density at radius 2 is 2.06 bits per heavy atom. The van der Waals surface area contributed by atoms with E-state index in [4.69, 9.17) is 15.2 Å². The van der Waals surface area contributed by atoms with Crippen LogP contribution in [0.5, 0.6) is 11.5 Å². The lowest BCUT2D eigenvalue weighted by atomic mass is 10.1. The summed E-state index contributed by atoms with van der Waals surface area (Å²) in [5.41, 5.74) is 6.45. The van der Waals surface area contributed by atoms with Crippen molar-refractivity contribution in [3.8, 4) is 11.5 Å². The van der Waals surface area contributed by atoms with E-state index in [0.717, 1.165) is 17.1 Å². The minimum Gasteiger partial charge on any atom is -0.497 e. The topological polar surface area (TPSA) is 64.8 Å². The first-order valence-electron chi connectivity index (χ1n) is 5.71. The predicted octanol–water partition coefficient (Wildman–Crippen LogP) is 1.01. The van der Waals surface area contributed by atoms with E-state index in [0.29, 0.717) is 6.54 Å². The summed E-state index contributed by atoms with van der Waals surface area (Å²) in [6.45, 7) is 2.10. The molecule has 0 saturated heterocycles. The van der Waals surface area contributed by atoms with E-state index in [9.17, 15) is 4.79 Å². The van der Waals surface area contributed by atoms with E-state index in [2.05, 4.69) is 0 Å². The molecule has 0 saturated carbocycles. The summed E-state index contributed by atoms with van der Waals surface area (Å²) in [5, 5.41) is 0. The van der Waals surface area contributed by atoms with Crippen molar-refractivity contribution < 1.29 is 14.3 Å². The second-order valence-electron chi connectivity index (χ2n) is 4.16. The highest BCUT2D eigenvalue weighted by atomic mass is 16.5. The van der Waals surface area contributed by atoms with E-state index < -0.39 is 6.04 Å². The molecule has 0 fully saturated rings. The van der Waals surface area contributed by atoms with Crippen LogP contribution in [0.15, 0.2) is 18.2 Å². The molecule has 1 rings (SSSR count). The molecule has 5 heteroatoms. The average Bonchev–Trinajstić information content (AvgIpc) is 2.37. The van der Waals surface area contributed by atoms with Crippen LogP contribution in [0.25, 0.3) is 0 Å². The number of carbonyl (C=O) groups excluding carboxylic acids is 1. The smallest absolute Gasteiger partial charge is 0.239 e. The molecule has 0 spiro atoms. The fraction of sp³-hybridized carbons (Fsp3) is 0.462. The molecule has 1 amide bonds. The number of ether oxygens (including phenoxy) is 2.